The molecule has 4 rings (SSSR count). The van der Waals surface area contributed by atoms with Crippen molar-refractivity contribution in [1.82, 2.24) is 4.90 Å². The number of ether oxygens (including phenoxy) is 2. The summed E-state index contributed by atoms with van der Waals surface area (Å²) in [5, 5.41) is 2.02. The van der Waals surface area contributed by atoms with Crippen molar-refractivity contribution in [3.63, 3.8) is 0 Å². The highest BCUT2D eigenvalue weighted by Crippen LogP contribution is 2.37. The van der Waals surface area contributed by atoms with Crippen molar-refractivity contribution in [1.29, 1.82) is 0 Å². The van der Waals surface area contributed by atoms with Crippen LogP contribution in [-0.4, -0.2) is 30.2 Å². The minimum absolute atomic E-state index is 0.283. The first-order valence-corrected chi connectivity index (χ1v) is 11.0. The van der Waals surface area contributed by atoms with E-state index in [1.807, 2.05) is 30.3 Å². The third-order valence-electron chi connectivity index (χ3n) is 5.27. The van der Waals surface area contributed by atoms with Crippen LogP contribution < -0.4 is 9.47 Å². The van der Waals surface area contributed by atoms with Crippen molar-refractivity contribution >= 4 is 39.8 Å². The van der Waals surface area contributed by atoms with Gasteiger partial charge >= 0.3 is 0 Å². The summed E-state index contributed by atoms with van der Waals surface area (Å²) in [5.74, 6) is 0.896. The van der Waals surface area contributed by atoms with Crippen LogP contribution in [0.5, 0.6) is 11.5 Å². The number of methoxy groups -OCH3 is 1. The molecule has 0 saturated carbocycles. The zero-order valence-corrected chi connectivity index (χ0v) is 18.8. The summed E-state index contributed by atoms with van der Waals surface area (Å²) < 4.78 is 11.9. The summed E-state index contributed by atoms with van der Waals surface area (Å²) in [4.78, 5) is 25.6. The molecular formula is C26H23NO4S. The monoisotopic (exact) mass is 445 g/mol. The molecule has 32 heavy (non-hydrogen) atoms. The minimum Gasteiger partial charge on any atom is -0.493 e. The Morgan fingerprint density at radius 3 is 2.56 bits per heavy atom. The number of hydrogen-bond donors (Lipinski definition) is 0. The SMILES string of the molecule is C=CCc1cc(/C=C2\SC(=O)N(C)C2=O)cc(OC)c1OCc1cccc2ccccc12. The molecule has 5 nitrogen and oxygen atoms in total. The van der Waals surface area contributed by atoms with E-state index in [0.29, 0.717) is 29.4 Å². The number of nitrogens with zero attached hydrogens (tertiary/aromatic N) is 1. The lowest BCUT2D eigenvalue weighted by molar-refractivity contribution is -0.121. The summed E-state index contributed by atoms with van der Waals surface area (Å²) in [7, 11) is 3.06. The van der Waals surface area contributed by atoms with E-state index >= 15 is 0 Å². The van der Waals surface area contributed by atoms with Gasteiger partial charge in [-0.05, 0) is 58.3 Å². The fraction of sp³-hybridized carbons (Fsp3) is 0.154. The Hall–Kier alpha value is -3.51. The third-order valence-corrected chi connectivity index (χ3v) is 6.24. The molecular weight excluding hydrogens is 422 g/mol. The molecule has 0 aromatic heterocycles. The first kappa shape index (κ1) is 21.7. The van der Waals surface area contributed by atoms with Gasteiger partial charge in [-0.1, -0.05) is 48.5 Å². The molecule has 0 atom stereocenters. The van der Waals surface area contributed by atoms with Gasteiger partial charge in [0.15, 0.2) is 11.5 Å². The second-order valence-electron chi connectivity index (χ2n) is 7.37. The van der Waals surface area contributed by atoms with Crippen LogP contribution in [-0.2, 0) is 17.8 Å². The van der Waals surface area contributed by atoms with E-state index in [4.69, 9.17) is 9.47 Å². The number of imide groups is 1. The summed E-state index contributed by atoms with van der Waals surface area (Å²) in [6.07, 6.45) is 4.07. The zero-order valence-electron chi connectivity index (χ0n) is 18.0. The fourth-order valence-corrected chi connectivity index (χ4v) is 4.48. The average Bonchev–Trinajstić information content (AvgIpc) is 3.04. The van der Waals surface area contributed by atoms with Crippen LogP contribution in [0.15, 0.2) is 72.2 Å². The van der Waals surface area contributed by atoms with Gasteiger partial charge in [-0.25, -0.2) is 0 Å². The number of likely N-dealkylation sites (N-methyl/N-ethyl adjacent to an activating group) is 1. The van der Waals surface area contributed by atoms with E-state index in [1.54, 1.807) is 19.3 Å². The van der Waals surface area contributed by atoms with Crippen LogP contribution in [0.2, 0.25) is 0 Å². The number of carbonyl (C=O) groups is 2. The van der Waals surface area contributed by atoms with E-state index in [-0.39, 0.29) is 11.1 Å². The molecule has 0 N–H and O–H groups in total. The predicted molar refractivity (Wildman–Crippen MR) is 129 cm³/mol. The molecule has 1 aliphatic rings. The Bertz CT molecular complexity index is 1240. The highest BCUT2D eigenvalue weighted by molar-refractivity contribution is 8.18. The van der Waals surface area contributed by atoms with Gasteiger partial charge in [0.05, 0.1) is 12.0 Å². The predicted octanol–water partition coefficient (Wildman–Crippen LogP) is 5.82. The molecule has 1 fully saturated rings. The number of allylic oxidation sites excluding steroid dienone is 1. The summed E-state index contributed by atoms with van der Waals surface area (Å²) in [6.45, 7) is 4.24. The topological polar surface area (TPSA) is 55.8 Å². The molecule has 3 aromatic carbocycles. The lowest BCUT2D eigenvalue weighted by Gasteiger charge is -2.17. The number of fused-ring (bicyclic) bond motifs is 1. The van der Waals surface area contributed by atoms with Crippen LogP contribution in [0.3, 0.4) is 0 Å². The molecule has 6 heteroatoms. The highest BCUT2D eigenvalue weighted by Gasteiger charge is 2.31. The van der Waals surface area contributed by atoms with Crippen LogP contribution in [0, 0.1) is 0 Å². The molecule has 0 spiro atoms. The lowest BCUT2D eigenvalue weighted by atomic mass is 10.0. The van der Waals surface area contributed by atoms with Crippen LogP contribution in [0.4, 0.5) is 4.79 Å². The molecule has 0 radical (unpaired) electrons. The van der Waals surface area contributed by atoms with Crippen molar-refractivity contribution < 1.29 is 19.1 Å². The Balaban J connectivity index is 1.68. The highest BCUT2D eigenvalue weighted by atomic mass is 32.2. The largest absolute Gasteiger partial charge is 0.493 e. The van der Waals surface area contributed by atoms with Crippen molar-refractivity contribution in [2.75, 3.05) is 14.2 Å². The van der Waals surface area contributed by atoms with E-state index in [1.165, 1.54) is 7.05 Å². The number of benzene rings is 3. The van der Waals surface area contributed by atoms with E-state index in [2.05, 4.69) is 30.8 Å². The smallest absolute Gasteiger partial charge is 0.293 e. The first-order valence-electron chi connectivity index (χ1n) is 10.1. The second-order valence-corrected chi connectivity index (χ2v) is 8.37. The number of hydrogen-bond acceptors (Lipinski definition) is 5. The van der Waals surface area contributed by atoms with Crippen molar-refractivity contribution in [3.05, 3.63) is 88.8 Å². The zero-order chi connectivity index (χ0) is 22.7. The maximum absolute atomic E-state index is 12.3. The Morgan fingerprint density at radius 2 is 1.84 bits per heavy atom. The van der Waals surface area contributed by atoms with Gasteiger partial charge < -0.3 is 9.47 Å². The normalized spacial score (nSPS) is 14.9. The summed E-state index contributed by atoms with van der Waals surface area (Å²) >= 11 is 0.928. The maximum Gasteiger partial charge on any atom is 0.293 e. The molecule has 1 saturated heterocycles. The molecule has 0 unspecified atom stereocenters. The van der Waals surface area contributed by atoms with Crippen LogP contribution in [0.25, 0.3) is 16.8 Å². The van der Waals surface area contributed by atoms with Crippen molar-refractivity contribution in [2.24, 2.45) is 0 Å². The molecule has 0 aliphatic carbocycles. The van der Waals surface area contributed by atoms with Gasteiger partial charge in [-0.2, -0.15) is 0 Å². The molecule has 1 aliphatic heterocycles. The minimum atomic E-state index is -0.305. The average molecular weight is 446 g/mol. The van der Waals surface area contributed by atoms with E-state index in [0.717, 1.165) is 44.1 Å². The second kappa shape index (κ2) is 9.32. The number of carbonyl (C=O) groups excluding carboxylic acids is 2. The van der Waals surface area contributed by atoms with Gasteiger partial charge in [0.25, 0.3) is 11.1 Å². The number of amides is 2. The van der Waals surface area contributed by atoms with Gasteiger partial charge in [-0.3, -0.25) is 14.5 Å². The number of rotatable bonds is 7. The lowest BCUT2D eigenvalue weighted by Crippen LogP contribution is -2.22. The molecule has 2 amide bonds. The standard InChI is InChI=1S/C26H23NO4S/c1-4-8-19-13-17(15-23-25(28)27(2)26(29)32-23)14-22(30-3)24(19)31-16-20-11-7-10-18-9-5-6-12-21(18)20/h4-7,9-15H,1,8,16H2,2-3H3/b23-15-. The maximum atomic E-state index is 12.3. The fourth-order valence-electron chi connectivity index (χ4n) is 3.65. The quantitative estimate of drug-likeness (QED) is 0.339. The van der Waals surface area contributed by atoms with Crippen LogP contribution >= 0.6 is 11.8 Å². The molecule has 0 bridgehead atoms. The van der Waals surface area contributed by atoms with Crippen molar-refractivity contribution in [3.8, 4) is 11.5 Å². The van der Waals surface area contributed by atoms with Crippen LogP contribution in [0.1, 0.15) is 16.7 Å². The molecule has 1 heterocycles. The van der Waals surface area contributed by atoms with Gasteiger partial charge in [0.2, 0.25) is 0 Å². The van der Waals surface area contributed by atoms with E-state index in [9.17, 15) is 9.59 Å². The summed E-state index contributed by atoms with van der Waals surface area (Å²) in [5.41, 5.74) is 2.73. The number of thioether (sulfide) groups is 1. The summed E-state index contributed by atoms with van der Waals surface area (Å²) in [6, 6.07) is 18.1. The van der Waals surface area contributed by atoms with E-state index < -0.39 is 0 Å². The first-order chi connectivity index (χ1) is 15.5. The van der Waals surface area contributed by atoms with Crippen molar-refractivity contribution in [2.45, 2.75) is 13.0 Å². The molecule has 162 valence electrons. The third kappa shape index (κ3) is 4.27. The Labute approximate surface area is 191 Å². The Morgan fingerprint density at radius 1 is 1.06 bits per heavy atom. The van der Waals surface area contributed by atoms with Gasteiger partial charge in [0.1, 0.15) is 6.61 Å². The molecule has 3 aromatic rings. The van der Waals surface area contributed by atoms with Gasteiger partial charge in [0, 0.05) is 12.6 Å². The van der Waals surface area contributed by atoms with Gasteiger partial charge in [-0.15, -0.1) is 6.58 Å². The Kier molecular flexibility index (Phi) is 6.32.